The SMILES string of the molecule is NC(CS(=O)(=O)O)C(=O)[C@H](N)CC(=O)O. The van der Waals surface area contributed by atoms with Gasteiger partial charge < -0.3 is 16.6 Å². The van der Waals surface area contributed by atoms with Gasteiger partial charge in [-0.05, 0) is 0 Å². The molecule has 1 unspecified atom stereocenters. The molecule has 0 aromatic carbocycles. The van der Waals surface area contributed by atoms with Gasteiger partial charge in [0.2, 0.25) is 0 Å². The van der Waals surface area contributed by atoms with Crippen LogP contribution in [0, 0.1) is 0 Å². The van der Waals surface area contributed by atoms with E-state index in [4.69, 9.17) is 21.1 Å². The van der Waals surface area contributed by atoms with Crippen molar-refractivity contribution < 1.29 is 27.7 Å². The minimum absolute atomic E-state index is 0.641. The molecule has 2 atom stereocenters. The highest BCUT2D eigenvalue weighted by atomic mass is 32.2. The van der Waals surface area contributed by atoms with Crippen LogP contribution in [0.5, 0.6) is 0 Å². The second-order valence-electron chi connectivity index (χ2n) is 2.96. The van der Waals surface area contributed by atoms with E-state index in [1.165, 1.54) is 0 Å². The summed E-state index contributed by atoms with van der Waals surface area (Å²) in [5.41, 5.74) is 10.3. The zero-order chi connectivity index (χ0) is 12.2. The minimum atomic E-state index is -4.38. The molecule has 6 N–H and O–H groups in total. The lowest BCUT2D eigenvalue weighted by atomic mass is 10.1. The first-order valence-corrected chi connectivity index (χ1v) is 5.46. The Kier molecular flexibility index (Phi) is 4.81. The maximum Gasteiger partial charge on any atom is 0.305 e. The predicted molar refractivity (Wildman–Crippen MR) is 49.6 cm³/mol. The van der Waals surface area contributed by atoms with Crippen molar-refractivity contribution in [3.8, 4) is 0 Å². The smallest absolute Gasteiger partial charge is 0.305 e. The van der Waals surface area contributed by atoms with Crippen LogP contribution >= 0.6 is 0 Å². The molecule has 15 heavy (non-hydrogen) atoms. The van der Waals surface area contributed by atoms with Gasteiger partial charge in [-0.3, -0.25) is 14.1 Å². The van der Waals surface area contributed by atoms with E-state index >= 15 is 0 Å². The lowest BCUT2D eigenvalue weighted by molar-refractivity contribution is -0.139. The fourth-order valence-electron chi connectivity index (χ4n) is 0.873. The van der Waals surface area contributed by atoms with Gasteiger partial charge >= 0.3 is 5.97 Å². The van der Waals surface area contributed by atoms with Gasteiger partial charge in [0.05, 0.1) is 24.3 Å². The number of rotatable bonds is 6. The third kappa shape index (κ3) is 6.12. The molecule has 0 radical (unpaired) electrons. The number of carboxylic acid groups (broad SMARTS) is 1. The van der Waals surface area contributed by atoms with E-state index in [1.807, 2.05) is 0 Å². The maximum atomic E-state index is 11.2. The number of ketones is 1. The summed E-state index contributed by atoms with van der Waals surface area (Å²) in [7, 11) is -4.38. The average Bonchev–Trinajstić information content (AvgIpc) is 1.98. The number of hydrogen-bond acceptors (Lipinski definition) is 6. The molecule has 0 rings (SSSR count). The lowest BCUT2D eigenvalue weighted by Gasteiger charge is -2.13. The Bertz CT molecular complexity index is 351. The van der Waals surface area contributed by atoms with Crippen molar-refractivity contribution in [3.63, 3.8) is 0 Å². The Morgan fingerprint density at radius 1 is 1.20 bits per heavy atom. The molecule has 0 saturated carbocycles. The van der Waals surface area contributed by atoms with Crippen molar-refractivity contribution in [1.82, 2.24) is 0 Å². The van der Waals surface area contributed by atoms with Crippen molar-refractivity contribution in [2.75, 3.05) is 5.75 Å². The zero-order valence-electron chi connectivity index (χ0n) is 7.66. The second kappa shape index (κ2) is 5.16. The third-order valence-corrected chi connectivity index (χ3v) is 2.30. The molecule has 0 aliphatic rings. The van der Waals surface area contributed by atoms with Crippen molar-refractivity contribution in [2.24, 2.45) is 11.5 Å². The first-order valence-electron chi connectivity index (χ1n) is 3.85. The number of aliphatic carboxylic acids is 1. The number of carbonyl (C=O) groups is 2. The molecule has 0 aliphatic heterocycles. The molecule has 88 valence electrons. The summed E-state index contributed by atoms with van der Waals surface area (Å²) in [4.78, 5) is 21.3. The summed E-state index contributed by atoms with van der Waals surface area (Å²) in [6.45, 7) is 0. The zero-order valence-corrected chi connectivity index (χ0v) is 8.48. The largest absolute Gasteiger partial charge is 0.481 e. The fourth-order valence-corrected chi connectivity index (χ4v) is 1.49. The minimum Gasteiger partial charge on any atom is -0.481 e. The monoisotopic (exact) mass is 240 g/mol. The topological polar surface area (TPSA) is 161 Å². The predicted octanol–water partition coefficient (Wildman–Crippen LogP) is -2.43. The summed E-state index contributed by atoms with van der Waals surface area (Å²) in [6, 6.07) is -2.89. The first kappa shape index (κ1) is 14.0. The summed E-state index contributed by atoms with van der Waals surface area (Å²) in [5.74, 6) is -3.19. The normalized spacial score (nSPS) is 15.7. The summed E-state index contributed by atoms with van der Waals surface area (Å²) in [5, 5.41) is 8.31. The van der Waals surface area contributed by atoms with Gasteiger partial charge in [-0.25, -0.2) is 0 Å². The van der Waals surface area contributed by atoms with Gasteiger partial charge in [0, 0.05) is 0 Å². The fraction of sp³-hybridized carbons (Fsp3) is 0.667. The van der Waals surface area contributed by atoms with E-state index in [0.29, 0.717) is 0 Å². The van der Waals surface area contributed by atoms with E-state index in [1.54, 1.807) is 0 Å². The summed E-state index contributed by atoms with van der Waals surface area (Å²) in [6.07, 6.45) is -0.641. The van der Waals surface area contributed by atoms with Gasteiger partial charge in [0.25, 0.3) is 10.1 Å². The summed E-state index contributed by atoms with van der Waals surface area (Å²) < 4.78 is 29.1. The van der Waals surface area contributed by atoms with Crippen molar-refractivity contribution >= 4 is 21.9 Å². The van der Waals surface area contributed by atoms with E-state index < -0.39 is 46.1 Å². The molecule has 0 aromatic rings. The maximum absolute atomic E-state index is 11.2. The molecule has 0 aliphatic carbocycles. The van der Waals surface area contributed by atoms with E-state index in [-0.39, 0.29) is 0 Å². The highest BCUT2D eigenvalue weighted by molar-refractivity contribution is 7.85. The second-order valence-corrected chi connectivity index (χ2v) is 4.46. The Morgan fingerprint density at radius 2 is 1.67 bits per heavy atom. The number of carbonyl (C=O) groups excluding carboxylic acids is 1. The molecular formula is C6H12N2O6S. The van der Waals surface area contributed by atoms with Crippen molar-refractivity contribution in [2.45, 2.75) is 18.5 Å². The van der Waals surface area contributed by atoms with Crippen LogP contribution in [-0.4, -0.2) is 47.7 Å². The van der Waals surface area contributed by atoms with E-state index in [2.05, 4.69) is 0 Å². The van der Waals surface area contributed by atoms with Crippen LogP contribution in [0.3, 0.4) is 0 Å². The summed E-state index contributed by atoms with van der Waals surface area (Å²) >= 11 is 0. The van der Waals surface area contributed by atoms with Crippen LogP contribution in [-0.2, 0) is 19.7 Å². The van der Waals surface area contributed by atoms with E-state index in [0.717, 1.165) is 0 Å². The molecule has 0 saturated heterocycles. The van der Waals surface area contributed by atoms with Crippen molar-refractivity contribution in [3.05, 3.63) is 0 Å². The molecule has 0 aromatic heterocycles. The van der Waals surface area contributed by atoms with Gasteiger partial charge in [0.1, 0.15) is 0 Å². The van der Waals surface area contributed by atoms with Crippen LogP contribution < -0.4 is 11.5 Å². The number of nitrogens with two attached hydrogens (primary N) is 2. The van der Waals surface area contributed by atoms with Gasteiger partial charge in [-0.15, -0.1) is 0 Å². The molecule has 0 amide bonds. The standard InChI is InChI=1S/C6H12N2O6S/c7-3(1-5(9)10)6(11)4(8)2-15(12,13)14/h3-4H,1-2,7-8H2,(H,9,10)(H,12,13,14)/t3-,4?/m1/s1. The Hall–Kier alpha value is -1.03. The quantitative estimate of drug-likeness (QED) is 0.372. The number of Topliss-reactive ketones (excluding diaryl/α,β-unsaturated/α-hetero) is 1. The van der Waals surface area contributed by atoms with E-state index in [9.17, 15) is 18.0 Å². The third-order valence-electron chi connectivity index (χ3n) is 1.52. The van der Waals surface area contributed by atoms with Gasteiger partial charge in [-0.2, -0.15) is 8.42 Å². The lowest BCUT2D eigenvalue weighted by Crippen LogP contribution is -2.47. The highest BCUT2D eigenvalue weighted by Crippen LogP contribution is 1.97. The first-order chi connectivity index (χ1) is 6.63. The Labute approximate surface area is 86.0 Å². The van der Waals surface area contributed by atoms with Crippen LogP contribution in [0.4, 0.5) is 0 Å². The molecule has 0 bridgehead atoms. The van der Waals surface area contributed by atoms with Crippen LogP contribution in [0.2, 0.25) is 0 Å². The average molecular weight is 240 g/mol. The Morgan fingerprint density at radius 3 is 2.00 bits per heavy atom. The molecule has 8 nitrogen and oxygen atoms in total. The molecule has 0 fully saturated rings. The molecule has 0 spiro atoms. The molecule has 0 heterocycles. The van der Waals surface area contributed by atoms with Crippen LogP contribution in [0.15, 0.2) is 0 Å². The molecular weight excluding hydrogens is 228 g/mol. The molecule has 9 heteroatoms. The number of carboxylic acids is 1. The van der Waals surface area contributed by atoms with Crippen molar-refractivity contribution in [1.29, 1.82) is 0 Å². The number of hydrogen-bond donors (Lipinski definition) is 4. The van der Waals surface area contributed by atoms with Gasteiger partial charge in [0.15, 0.2) is 5.78 Å². The Balaban J connectivity index is 4.38. The van der Waals surface area contributed by atoms with Crippen LogP contribution in [0.25, 0.3) is 0 Å². The highest BCUT2D eigenvalue weighted by Gasteiger charge is 2.26. The van der Waals surface area contributed by atoms with Crippen LogP contribution in [0.1, 0.15) is 6.42 Å². The van der Waals surface area contributed by atoms with Gasteiger partial charge in [-0.1, -0.05) is 0 Å².